The molecule has 0 aliphatic carbocycles. The zero-order valence-electron chi connectivity index (χ0n) is 9.09. The lowest BCUT2D eigenvalue weighted by Gasteiger charge is -2.40. The van der Waals surface area contributed by atoms with Crippen molar-refractivity contribution in [1.82, 2.24) is 0 Å². The molecule has 17 heavy (non-hydrogen) atoms. The van der Waals surface area contributed by atoms with Crippen molar-refractivity contribution in [2.24, 2.45) is 0 Å². The van der Waals surface area contributed by atoms with Gasteiger partial charge >= 0.3 is 0 Å². The molecule has 8 nitrogen and oxygen atoms in total. The molecule has 5 atom stereocenters. The highest BCUT2D eigenvalue weighted by Gasteiger charge is 2.44. The van der Waals surface area contributed by atoms with Crippen molar-refractivity contribution in [3.05, 3.63) is 0 Å². The van der Waals surface area contributed by atoms with Crippen molar-refractivity contribution < 1.29 is 40.1 Å². The van der Waals surface area contributed by atoms with E-state index in [9.17, 15) is 15.3 Å². The first kappa shape index (κ1) is 14.7. The van der Waals surface area contributed by atoms with Gasteiger partial charge in [0.1, 0.15) is 30.5 Å². The first-order chi connectivity index (χ1) is 8.04. The van der Waals surface area contributed by atoms with Crippen LogP contribution in [0.15, 0.2) is 0 Å². The highest BCUT2D eigenvalue weighted by atomic mass is 16.7. The van der Waals surface area contributed by atoms with Crippen LogP contribution in [0.3, 0.4) is 0 Å². The lowest BCUT2D eigenvalue weighted by Crippen LogP contribution is -2.60. The van der Waals surface area contributed by atoms with Crippen molar-refractivity contribution in [2.45, 2.75) is 36.8 Å². The number of rotatable bonds is 5. The van der Waals surface area contributed by atoms with Gasteiger partial charge in [0, 0.05) is 0 Å². The number of aliphatic hydroxyl groups excluding tert-OH is 6. The van der Waals surface area contributed by atoms with Crippen LogP contribution in [0, 0.1) is 0 Å². The molecule has 0 bridgehead atoms. The van der Waals surface area contributed by atoms with Gasteiger partial charge in [0.15, 0.2) is 6.29 Å². The van der Waals surface area contributed by atoms with Gasteiger partial charge in [0.2, 0.25) is 0 Å². The van der Waals surface area contributed by atoms with Crippen molar-refractivity contribution in [3.63, 3.8) is 0 Å². The molecule has 102 valence electrons. The van der Waals surface area contributed by atoms with E-state index in [0.717, 1.165) is 0 Å². The summed E-state index contributed by atoms with van der Waals surface area (Å²) in [6.07, 6.45) is -7.92. The minimum Gasteiger partial charge on any atom is -0.394 e. The maximum Gasteiger partial charge on any atom is 0.187 e. The van der Waals surface area contributed by atoms with Crippen LogP contribution in [0.2, 0.25) is 0 Å². The van der Waals surface area contributed by atoms with Gasteiger partial charge in [-0.25, -0.2) is 0 Å². The Morgan fingerprint density at radius 1 is 0.941 bits per heavy atom. The van der Waals surface area contributed by atoms with Crippen molar-refractivity contribution in [3.8, 4) is 0 Å². The standard InChI is InChI=1S/C9H18O8/c10-1-4(2-11)16-9-8(15)7(14)6(13)5(3-12)17-9/h4-15H,1-3H2/t5-,6+,7+,8-,9?/m1/s1. The van der Waals surface area contributed by atoms with Gasteiger partial charge in [0.05, 0.1) is 19.8 Å². The summed E-state index contributed by atoms with van der Waals surface area (Å²) in [6, 6.07) is 0. The van der Waals surface area contributed by atoms with Gasteiger partial charge in [-0.2, -0.15) is 0 Å². The molecule has 1 fully saturated rings. The van der Waals surface area contributed by atoms with E-state index in [1.165, 1.54) is 0 Å². The van der Waals surface area contributed by atoms with Gasteiger partial charge in [-0.3, -0.25) is 0 Å². The minimum absolute atomic E-state index is 0.495. The number of hydrogen-bond donors (Lipinski definition) is 6. The molecule has 6 N–H and O–H groups in total. The predicted octanol–water partition coefficient (Wildman–Crippen LogP) is -3.84. The SMILES string of the molecule is OCC(CO)OC1O[C@H](CO)[C@H](O)[C@H](O)[C@H]1O. The van der Waals surface area contributed by atoms with Crippen LogP contribution in [-0.2, 0) is 9.47 Å². The average Bonchev–Trinajstić information content (AvgIpc) is 2.35. The Labute approximate surface area is 97.6 Å². The summed E-state index contributed by atoms with van der Waals surface area (Å²) in [6.45, 7) is -1.55. The quantitative estimate of drug-likeness (QED) is 0.293. The monoisotopic (exact) mass is 254 g/mol. The molecule has 0 spiro atoms. The Morgan fingerprint density at radius 3 is 2.00 bits per heavy atom. The zero-order chi connectivity index (χ0) is 13.0. The zero-order valence-corrected chi connectivity index (χ0v) is 9.09. The molecule has 1 saturated heterocycles. The topological polar surface area (TPSA) is 140 Å². The molecule has 0 radical (unpaired) electrons. The third kappa shape index (κ3) is 3.33. The summed E-state index contributed by atoms with van der Waals surface area (Å²) in [5.41, 5.74) is 0. The van der Waals surface area contributed by atoms with Crippen molar-refractivity contribution in [2.75, 3.05) is 19.8 Å². The Morgan fingerprint density at radius 2 is 1.53 bits per heavy atom. The van der Waals surface area contributed by atoms with Gasteiger partial charge in [-0.05, 0) is 0 Å². The number of ether oxygens (including phenoxy) is 2. The average molecular weight is 254 g/mol. The van der Waals surface area contributed by atoms with E-state index in [1.54, 1.807) is 0 Å². The molecular weight excluding hydrogens is 236 g/mol. The maximum atomic E-state index is 9.56. The highest BCUT2D eigenvalue weighted by molar-refractivity contribution is 4.89. The van der Waals surface area contributed by atoms with E-state index >= 15 is 0 Å². The molecule has 1 heterocycles. The van der Waals surface area contributed by atoms with Crippen LogP contribution in [0.5, 0.6) is 0 Å². The van der Waals surface area contributed by atoms with E-state index in [0.29, 0.717) is 0 Å². The molecule has 1 aliphatic rings. The van der Waals surface area contributed by atoms with Crippen LogP contribution in [-0.4, -0.2) is 87.3 Å². The third-order valence-corrected chi connectivity index (χ3v) is 2.58. The maximum absolute atomic E-state index is 9.56. The molecule has 1 aliphatic heterocycles. The van der Waals surface area contributed by atoms with Gasteiger partial charge in [-0.15, -0.1) is 0 Å². The molecule has 0 aromatic carbocycles. The second kappa shape index (κ2) is 6.57. The van der Waals surface area contributed by atoms with Gasteiger partial charge in [0.25, 0.3) is 0 Å². The molecule has 0 aromatic heterocycles. The first-order valence-electron chi connectivity index (χ1n) is 5.22. The summed E-state index contributed by atoms with van der Waals surface area (Å²) < 4.78 is 10.0. The Balaban J connectivity index is 2.65. The summed E-state index contributed by atoms with van der Waals surface area (Å²) in [5.74, 6) is 0. The van der Waals surface area contributed by atoms with Gasteiger partial charge in [-0.1, -0.05) is 0 Å². The summed E-state index contributed by atoms with van der Waals surface area (Å²) >= 11 is 0. The number of aliphatic hydroxyl groups is 6. The molecule has 0 saturated carbocycles. The lowest BCUT2D eigenvalue weighted by molar-refractivity contribution is -0.315. The fourth-order valence-corrected chi connectivity index (χ4v) is 1.51. The second-order valence-electron chi connectivity index (χ2n) is 3.82. The molecule has 0 aromatic rings. The fourth-order valence-electron chi connectivity index (χ4n) is 1.51. The summed E-state index contributed by atoms with van der Waals surface area (Å²) in [4.78, 5) is 0. The van der Waals surface area contributed by atoms with Crippen LogP contribution < -0.4 is 0 Å². The molecule has 0 amide bonds. The van der Waals surface area contributed by atoms with Crippen LogP contribution in [0.25, 0.3) is 0 Å². The van der Waals surface area contributed by atoms with E-state index in [2.05, 4.69) is 0 Å². The third-order valence-electron chi connectivity index (χ3n) is 2.58. The Kier molecular flexibility index (Phi) is 5.70. The first-order valence-corrected chi connectivity index (χ1v) is 5.22. The summed E-state index contributed by atoms with van der Waals surface area (Å²) in [5, 5.41) is 55.0. The Hall–Kier alpha value is -0.320. The highest BCUT2D eigenvalue weighted by Crippen LogP contribution is 2.22. The van der Waals surface area contributed by atoms with E-state index in [1.807, 2.05) is 0 Å². The van der Waals surface area contributed by atoms with Crippen molar-refractivity contribution in [1.29, 1.82) is 0 Å². The Bertz CT molecular complexity index is 217. The van der Waals surface area contributed by atoms with Crippen molar-refractivity contribution >= 4 is 0 Å². The number of hydrogen-bond acceptors (Lipinski definition) is 8. The molecular formula is C9H18O8. The van der Waals surface area contributed by atoms with Crippen LogP contribution >= 0.6 is 0 Å². The largest absolute Gasteiger partial charge is 0.394 e. The molecule has 1 rings (SSSR count). The molecule has 1 unspecified atom stereocenters. The molecule has 8 heteroatoms. The fraction of sp³-hybridized carbons (Fsp3) is 1.00. The van der Waals surface area contributed by atoms with E-state index in [4.69, 9.17) is 24.8 Å². The van der Waals surface area contributed by atoms with Gasteiger partial charge < -0.3 is 40.1 Å². The van der Waals surface area contributed by atoms with E-state index < -0.39 is 56.6 Å². The minimum atomic E-state index is -1.54. The summed E-state index contributed by atoms with van der Waals surface area (Å²) in [7, 11) is 0. The predicted molar refractivity (Wildman–Crippen MR) is 52.8 cm³/mol. The van der Waals surface area contributed by atoms with E-state index in [-0.39, 0.29) is 0 Å². The lowest BCUT2D eigenvalue weighted by atomic mass is 9.99. The normalized spacial score (nSPS) is 38.6. The van der Waals surface area contributed by atoms with Crippen LogP contribution in [0.4, 0.5) is 0 Å². The second-order valence-corrected chi connectivity index (χ2v) is 3.82. The van der Waals surface area contributed by atoms with Crippen LogP contribution in [0.1, 0.15) is 0 Å². The smallest absolute Gasteiger partial charge is 0.187 e.